The molecule has 0 bridgehead atoms. The van der Waals surface area contributed by atoms with Crippen molar-refractivity contribution in [3.63, 3.8) is 0 Å². The van der Waals surface area contributed by atoms with Crippen LogP contribution in [0.1, 0.15) is 92.4 Å². The Balaban J connectivity index is 1.59. The summed E-state index contributed by atoms with van der Waals surface area (Å²) in [5.74, 6) is 2.96. The average Bonchev–Trinajstić information content (AvgIpc) is 3.02. The summed E-state index contributed by atoms with van der Waals surface area (Å²) in [5.41, 5.74) is 1.21. The Kier molecular flexibility index (Phi) is 6.23. The minimum Gasteiger partial charge on any atom is -0.393 e. The molecule has 3 nitrogen and oxygen atoms in total. The molecular formula is C27H46O3. The third kappa shape index (κ3) is 3.52. The molecule has 172 valence electrons. The summed E-state index contributed by atoms with van der Waals surface area (Å²) in [5, 5.41) is 33.1. The van der Waals surface area contributed by atoms with Crippen molar-refractivity contribution in [3.05, 3.63) is 11.6 Å². The van der Waals surface area contributed by atoms with Crippen molar-refractivity contribution in [2.45, 2.75) is 111 Å². The van der Waals surface area contributed by atoms with E-state index in [0.717, 1.165) is 31.6 Å². The monoisotopic (exact) mass is 418 g/mol. The van der Waals surface area contributed by atoms with Crippen LogP contribution in [-0.2, 0) is 0 Å². The van der Waals surface area contributed by atoms with Crippen LogP contribution < -0.4 is 0 Å². The molecule has 0 amide bonds. The molecule has 3 heteroatoms. The van der Waals surface area contributed by atoms with Gasteiger partial charge in [-0.25, -0.2) is 0 Å². The third-order valence-corrected chi connectivity index (χ3v) is 10.4. The highest BCUT2D eigenvalue weighted by molar-refractivity contribution is 5.28. The molecule has 4 aliphatic rings. The minimum absolute atomic E-state index is 0.0341. The molecule has 3 fully saturated rings. The van der Waals surface area contributed by atoms with Gasteiger partial charge >= 0.3 is 0 Å². The van der Waals surface area contributed by atoms with E-state index in [4.69, 9.17) is 0 Å². The van der Waals surface area contributed by atoms with Gasteiger partial charge in [0.1, 0.15) is 0 Å². The molecule has 0 radical (unpaired) electrons. The summed E-state index contributed by atoms with van der Waals surface area (Å²) in [6.07, 6.45) is 10.7. The molecular weight excluding hydrogens is 372 g/mol. The molecule has 0 saturated heterocycles. The lowest BCUT2D eigenvalue weighted by molar-refractivity contribution is -0.158. The zero-order chi connectivity index (χ0) is 21.8. The van der Waals surface area contributed by atoms with E-state index in [-0.39, 0.29) is 29.0 Å². The maximum absolute atomic E-state index is 11.6. The SMILES string of the molecule is CC(C)CCC[C@@H](C)[C@H]1CC[C@H]2[C@@H]3[C@H](O)C=C4CC(O)CC[C@]4(C)[C@H]3C[C@H](O)[C@]12C. The highest BCUT2D eigenvalue weighted by atomic mass is 16.3. The normalized spacial score (nSPS) is 49.2. The molecule has 10 atom stereocenters. The molecule has 4 aliphatic carbocycles. The summed E-state index contributed by atoms with van der Waals surface area (Å²) in [4.78, 5) is 0. The number of rotatable bonds is 5. The standard InChI is InChI=1S/C27H46O3/c1-16(2)7-6-8-17(3)20-9-10-21-25-22(15-24(30)27(20,21)5)26(4)12-11-19(28)13-18(26)14-23(25)29/h14,16-17,19-25,28-30H,6-13,15H2,1-5H3/t17-,19?,20-,21+,22+,23-,24+,25+,26+,27-/m1/s1. The van der Waals surface area contributed by atoms with Crippen LogP contribution in [0.4, 0.5) is 0 Å². The van der Waals surface area contributed by atoms with Gasteiger partial charge in [-0.3, -0.25) is 0 Å². The first-order valence-corrected chi connectivity index (χ1v) is 12.8. The van der Waals surface area contributed by atoms with Crippen molar-refractivity contribution in [1.82, 2.24) is 0 Å². The molecule has 3 saturated carbocycles. The Hall–Kier alpha value is -0.380. The Morgan fingerprint density at radius 2 is 1.73 bits per heavy atom. The van der Waals surface area contributed by atoms with Crippen LogP contribution in [0.15, 0.2) is 11.6 Å². The third-order valence-electron chi connectivity index (χ3n) is 10.4. The summed E-state index contributed by atoms with van der Waals surface area (Å²) >= 11 is 0. The van der Waals surface area contributed by atoms with E-state index in [2.05, 4.69) is 40.7 Å². The van der Waals surface area contributed by atoms with Gasteiger partial charge in [-0.2, -0.15) is 0 Å². The van der Waals surface area contributed by atoms with E-state index in [1.54, 1.807) is 0 Å². The maximum atomic E-state index is 11.6. The second kappa shape index (κ2) is 8.19. The van der Waals surface area contributed by atoms with Gasteiger partial charge in [0.15, 0.2) is 0 Å². The van der Waals surface area contributed by atoms with Crippen molar-refractivity contribution >= 4 is 0 Å². The first-order chi connectivity index (χ1) is 14.1. The van der Waals surface area contributed by atoms with Crippen molar-refractivity contribution in [3.8, 4) is 0 Å². The minimum atomic E-state index is -0.421. The zero-order valence-electron chi connectivity index (χ0n) is 20.0. The zero-order valence-corrected chi connectivity index (χ0v) is 20.0. The number of fused-ring (bicyclic) bond motifs is 5. The van der Waals surface area contributed by atoms with Crippen molar-refractivity contribution < 1.29 is 15.3 Å². The first-order valence-electron chi connectivity index (χ1n) is 12.8. The quantitative estimate of drug-likeness (QED) is 0.529. The van der Waals surface area contributed by atoms with Crippen LogP contribution in [0.25, 0.3) is 0 Å². The lowest BCUT2D eigenvalue weighted by Gasteiger charge is -2.61. The lowest BCUT2D eigenvalue weighted by atomic mass is 9.45. The fraction of sp³-hybridized carbons (Fsp3) is 0.926. The van der Waals surface area contributed by atoms with Crippen molar-refractivity contribution in [1.29, 1.82) is 0 Å². The molecule has 1 unspecified atom stereocenters. The Bertz CT molecular complexity index is 656. The Morgan fingerprint density at radius 3 is 2.43 bits per heavy atom. The fourth-order valence-electron chi connectivity index (χ4n) is 8.61. The fourth-order valence-corrected chi connectivity index (χ4v) is 8.61. The lowest BCUT2D eigenvalue weighted by Crippen LogP contribution is -2.59. The number of hydrogen-bond donors (Lipinski definition) is 3. The summed E-state index contributed by atoms with van der Waals surface area (Å²) in [6, 6.07) is 0. The van der Waals surface area contributed by atoms with E-state index in [1.807, 2.05) is 0 Å². The average molecular weight is 419 g/mol. The van der Waals surface area contributed by atoms with E-state index in [1.165, 1.54) is 31.3 Å². The van der Waals surface area contributed by atoms with Crippen LogP contribution >= 0.6 is 0 Å². The Labute approximate surface area is 184 Å². The van der Waals surface area contributed by atoms with E-state index < -0.39 is 6.10 Å². The van der Waals surface area contributed by atoms with E-state index in [0.29, 0.717) is 30.1 Å². The van der Waals surface area contributed by atoms with Gasteiger partial charge in [-0.1, -0.05) is 65.5 Å². The van der Waals surface area contributed by atoms with Gasteiger partial charge < -0.3 is 15.3 Å². The van der Waals surface area contributed by atoms with Gasteiger partial charge in [-0.15, -0.1) is 0 Å². The molecule has 30 heavy (non-hydrogen) atoms. The van der Waals surface area contributed by atoms with E-state index in [9.17, 15) is 15.3 Å². The predicted octanol–water partition coefficient (Wildman–Crippen LogP) is 5.33. The largest absolute Gasteiger partial charge is 0.393 e. The maximum Gasteiger partial charge on any atom is 0.0757 e. The first kappa shape index (κ1) is 22.8. The second-order valence-corrected chi connectivity index (χ2v) is 12.4. The number of aliphatic hydroxyl groups is 3. The molecule has 0 aliphatic heterocycles. The highest BCUT2D eigenvalue weighted by Crippen LogP contribution is 2.67. The van der Waals surface area contributed by atoms with Crippen molar-refractivity contribution in [2.24, 2.45) is 46.3 Å². The van der Waals surface area contributed by atoms with Gasteiger partial charge in [-0.05, 0) is 84.9 Å². The van der Waals surface area contributed by atoms with E-state index >= 15 is 0 Å². The molecule has 0 aromatic carbocycles. The predicted molar refractivity (Wildman–Crippen MR) is 122 cm³/mol. The topological polar surface area (TPSA) is 60.7 Å². The molecule has 4 rings (SSSR count). The smallest absolute Gasteiger partial charge is 0.0757 e. The molecule has 0 aromatic heterocycles. The van der Waals surface area contributed by atoms with Crippen LogP contribution in [0.5, 0.6) is 0 Å². The van der Waals surface area contributed by atoms with Crippen molar-refractivity contribution in [2.75, 3.05) is 0 Å². The van der Waals surface area contributed by atoms with Gasteiger partial charge in [0.05, 0.1) is 18.3 Å². The summed E-state index contributed by atoms with van der Waals surface area (Å²) < 4.78 is 0. The number of aliphatic hydroxyl groups excluding tert-OH is 3. The Morgan fingerprint density at radius 1 is 1.00 bits per heavy atom. The van der Waals surface area contributed by atoms with Crippen LogP contribution in [-0.4, -0.2) is 33.6 Å². The van der Waals surface area contributed by atoms with Gasteiger partial charge in [0.25, 0.3) is 0 Å². The molecule has 0 spiro atoms. The van der Waals surface area contributed by atoms with Crippen LogP contribution in [0.3, 0.4) is 0 Å². The molecule has 0 heterocycles. The van der Waals surface area contributed by atoms with Crippen LogP contribution in [0.2, 0.25) is 0 Å². The summed E-state index contributed by atoms with van der Waals surface area (Å²) in [6.45, 7) is 11.7. The molecule has 0 aromatic rings. The second-order valence-electron chi connectivity index (χ2n) is 12.4. The summed E-state index contributed by atoms with van der Waals surface area (Å²) in [7, 11) is 0. The molecule has 3 N–H and O–H groups in total. The number of hydrogen-bond acceptors (Lipinski definition) is 3. The van der Waals surface area contributed by atoms with Gasteiger partial charge in [0, 0.05) is 0 Å². The van der Waals surface area contributed by atoms with Gasteiger partial charge in [0.2, 0.25) is 0 Å². The van der Waals surface area contributed by atoms with Crippen LogP contribution in [0, 0.1) is 46.3 Å². The highest BCUT2D eigenvalue weighted by Gasteiger charge is 2.64.